The van der Waals surface area contributed by atoms with Crippen LogP contribution in [0.2, 0.25) is 5.15 Å². The fraction of sp³-hybridized carbons (Fsp3) is 0.167. The summed E-state index contributed by atoms with van der Waals surface area (Å²) in [6.45, 7) is 0. The maximum atomic E-state index is 11.2. The summed E-state index contributed by atoms with van der Waals surface area (Å²) in [5.74, 6) is 1.11. The summed E-state index contributed by atoms with van der Waals surface area (Å²) in [6, 6.07) is 4.98. The Morgan fingerprint density at radius 2 is 1.94 bits per heavy atom. The van der Waals surface area contributed by atoms with Gasteiger partial charge in [0.15, 0.2) is 0 Å². The van der Waals surface area contributed by atoms with Gasteiger partial charge in [0.1, 0.15) is 22.2 Å². The van der Waals surface area contributed by atoms with Crippen molar-refractivity contribution in [3.8, 4) is 11.5 Å². The molecule has 0 saturated heterocycles. The Bertz CT molecular complexity index is 628. The van der Waals surface area contributed by atoms with Crippen LogP contribution in [0.4, 0.5) is 0 Å². The van der Waals surface area contributed by atoms with E-state index in [1.807, 2.05) is 0 Å². The number of halogens is 2. The molecule has 2 rings (SSSR count). The number of methoxy groups -OCH3 is 2. The minimum absolute atomic E-state index is 0.0472. The van der Waals surface area contributed by atoms with Gasteiger partial charge in [0.25, 0.3) is 5.24 Å². The summed E-state index contributed by atoms with van der Waals surface area (Å²) in [5, 5.41) is 0.0572. The van der Waals surface area contributed by atoms with E-state index in [4.69, 9.17) is 32.7 Å². The van der Waals surface area contributed by atoms with Gasteiger partial charge in [-0.1, -0.05) is 11.6 Å². The van der Waals surface area contributed by atoms with E-state index in [9.17, 15) is 4.79 Å². The van der Waals surface area contributed by atoms with E-state index < -0.39 is 5.24 Å². The second-order valence-electron chi connectivity index (χ2n) is 3.50. The molecule has 0 aliphatic heterocycles. The van der Waals surface area contributed by atoms with Gasteiger partial charge in [-0.05, 0) is 23.7 Å². The molecule has 0 amide bonds. The number of aromatic nitrogens is 1. The van der Waals surface area contributed by atoms with E-state index in [0.29, 0.717) is 22.4 Å². The van der Waals surface area contributed by atoms with Gasteiger partial charge in [0.05, 0.1) is 19.8 Å². The van der Waals surface area contributed by atoms with Gasteiger partial charge in [-0.2, -0.15) is 0 Å². The Morgan fingerprint density at radius 3 is 2.50 bits per heavy atom. The van der Waals surface area contributed by atoms with Gasteiger partial charge in [-0.25, -0.2) is 4.98 Å². The molecular formula is C12H9Cl2NO3. The largest absolute Gasteiger partial charge is 0.497 e. The van der Waals surface area contributed by atoms with Gasteiger partial charge in [0.2, 0.25) is 0 Å². The average molecular weight is 286 g/mol. The van der Waals surface area contributed by atoms with Gasteiger partial charge >= 0.3 is 0 Å². The number of hydrogen-bond donors (Lipinski definition) is 0. The topological polar surface area (TPSA) is 48.4 Å². The highest BCUT2D eigenvalue weighted by atomic mass is 35.5. The van der Waals surface area contributed by atoms with Crippen molar-refractivity contribution >= 4 is 39.3 Å². The highest BCUT2D eigenvalue weighted by molar-refractivity contribution is 6.68. The quantitative estimate of drug-likeness (QED) is 0.641. The first kappa shape index (κ1) is 12.9. The Labute approximate surface area is 113 Å². The van der Waals surface area contributed by atoms with Crippen molar-refractivity contribution in [3.05, 3.63) is 28.9 Å². The lowest BCUT2D eigenvalue weighted by molar-refractivity contribution is 0.108. The second kappa shape index (κ2) is 5.00. The molecule has 0 N–H and O–H groups in total. The number of fused-ring (bicyclic) bond motifs is 1. The van der Waals surface area contributed by atoms with Crippen molar-refractivity contribution in [2.24, 2.45) is 0 Å². The molecule has 0 aliphatic rings. The van der Waals surface area contributed by atoms with E-state index in [1.54, 1.807) is 18.2 Å². The summed E-state index contributed by atoms with van der Waals surface area (Å²) in [5.41, 5.74) is 0.700. The number of benzene rings is 1. The Hall–Kier alpha value is -1.52. The molecule has 6 heteroatoms. The summed E-state index contributed by atoms with van der Waals surface area (Å²) < 4.78 is 10.3. The summed E-state index contributed by atoms with van der Waals surface area (Å²) >= 11 is 11.3. The molecule has 0 atom stereocenters. The van der Waals surface area contributed by atoms with Gasteiger partial charge in [-0.3, -0.25) is 4.79 Å². The maximum Gasteiger partial charge on any atom is 0.255 e. The Morgan fingerprint density at radius 1 is 1.22 bits per heavy atom. The molecule has 0 aliphatic carbocycles. The standard InChI is InChI=1S/C12H9Cl2NO3/c1-17-7-3-6-4-8(12(14)16)11(13)15-10(6)9(5-7)18-2/h3-5H,1-2H3. The molecule has 0 unspecified atom stereocenters. The molecule has 18 heavy (non-hydrogen) atoms. The molecular weight excluding hydrogens is 277 g/mol. The molecule has 0 bridgehead atoms. The monoisotopic (exact) mass is 285 g/mol. The fourth-order valence-electron chi connectivity index (χ4n) is 1.62. The van der Waals surface area contributed by atoms with Crippen LogP contribution < -0.4 is 9.47 Å². The van der Waals surface area contributed by atoms with Crippen molar-refractivity contribution in [3.63, 3.8) is 0 Å². The first-order chi connectivity index (χ1) is 8.56. The zero-order valence-electron chi connectivity index (χ0n) is 9.66. The molecule has 1 aromatic carbocycles. The lowest BCUT2D eigenvalue weighted by Crippen LogP contribution is -1.96. The van der Waals surface area contributed by atoms with Crippen LogP contribution >= 0.6 is 23.2 Å². The molecule has 0 fully saturated rings. The minimum atomic E-state index is -0.656. The van der Waals surface area contributed by atoms with E-state index in [2.05, 4.69) is 4.98 Å². The van der Waals surface area contributed by atoms with Gasteiger partial charge < -0.3 is 9.47 Å². The predicted molar refractivity (Wildman–Crippen MR) is 70.0 cm³/mol. The van der Waals surface area contributed by atoms with Crippen molar-refractivity contribution in [1.82, 2.24) is 4.98 Å². The SMILES string of the molecule is COc1cc(OC)c2nc(Cl)c(C(=O)Cl)cc2c1. The fourth-order valence-corrected chi connectivity index (χ4v) is 2.03. The smallest absolute Gasteiger partial charge is 0.255 e. The van der Waals surface area contributed by atoms with Crippen LogP contribution in [0, 0.1) is 0 Å². The first-order valence-corrected chi connectivity index (χ1v) is 5.74. The number of nitrogens with zero attached hydrogens (tertiary/aromatic N) is 1. The van der Waals surface area contributed by atoms with Crippen LogP contribution in [0.3, 0.4) is 0 Å². The van der Waals surface area contributed by atoms with E-state index >= 15 is 0 Å². The van der Waals surface area contributed by atoms with E-state index in [-0.39, 0.29) is 10.7 Å². The van der Waals surface area contributed by atoms with Gasteiger partial charge in [0, 0.05) is 11.5 Å². The van der Waals surface area contributed by atoms with Crippen LogP contribution in [-0.2, 0) is 0 Å². The highest BCUT2D eigenvalue weighted by Gasteiger charge is 2.14. The molecule has 0 saturated carbocycles. The van der Waals surface area contributed by atoms with Crippen molar-refractivity contribution in [2.75, 3.05) is 14.2 Å². The summed E-state index contributed by atoms with van der Waals surface area (Å²) in [4.78, 5) is 15.3. The Balaban J connectivity index is 2.79. The molecule has 4 nitrogen and oxygen atoms in total. The van der Waals surface area contributed by atoms with Crippen LogP contribution in [-0.4, -0.2) is 24.4 Å². The number of carbonyl (C=O) groups is 1. The number of carbonyl (C=O) groups excluding carboxylic acids is 1. The normalized spacial score (nSPS) is 10.4. The van der Waals surface area contributed by atoms with E-state index in [0.717, 1.165) is 0 Å². The summed E-state index contributed by atoms with van der Waals surface area (Å²) in [7, 11) is 3.06. The van der Waals surface area contributed by atoms with Crippen LogP contribution in [0.1, 0.15) is 10.4 Å². The van der Waals surface area contributed by atoms with Gasteiger partial charge in [-0.15, -0.1) is 0 Å². The Kier molecular flexibility index (Phi) is 3.59. The lowest BCUT2D eigenvalue weighted by atomic mass is 10.1. The second-order valence-corrected chi connectivity index (χ2v) is 4.20. The lowest BCUT2D eigenvalue weighted by Gasteiger charge is -2.09. The third kappa shape index (κ3) is 2.21. The van der Waals surface area contributed by atoms with Crippen LogP contribution in [0.15, 0.2) is 18.2 Å². The third-order valence-corrected chi connectivity index (χ3v) is 2.97. The van der Waals surface area contributed by atoms with Crippen molar-refractivity contribution in [2.45, 2.75) is 0 Å². The minimum Gasteiger partial charge on any atom is -0.497 e. The highest BCUT2D eigenvalue weighted by Crippen LogP contribution is 2.32. The number of ether oxygens (including phenoxy) is 2. The third-order valence-electron chi connectivity index (χ3n) is 2.48. The van der Waals surface area contributed by atoms with Crippen LogP contribution in [0.5, 0.6) is 11.5 Å². The van der Waals surface area contributed by atoms with E-state index in [1.165, 1.54) is 14.2 Å². The summed E-state index contributed by atoms with van der Waals surface area (Å²) in [6.07, 6.45) is 0. The van der Waals surface area contributed by atoms with Crippen LogP contribution in [0.25, 0.3) is 10.9 Å². The number of pyridine rings is 1. The van der Waals surface area contributed by atoms with Crippen molar-refractivity contribution in [1.29, 1.82) is 0 Å². The zero-order chi connectivity index (χ0) is 13.3. The first-order valence-electron chi connectivity index (χ1n) is 4.99. The predicted octanol–water partition coefficient (Wildman–Crippen LogP) is 3.28. The molecule has 1 heterocycles. The molecule has 2 aromatic rings. The molecule has 0 radical (unpaired) electrons. The zero-order valence-corrected chi connectivity index (χ0v) is 11.2. The maximum absolute atomic E-state index is 11.2. The molecule has 94 valence electrons. The number of rotatable bonds is 3. The number of hydrogen-bond acceptors (Lipinski definition) is 4. The van der Waals surface area contributed by atoms with Crippen molar-refractivity contribution < 1.29 is 14.3 Å². The molecule has 0 spiro atoms. The average Bonchev–Trinajstić information content (AvgIpc) is 2.36. The molecule has 1 aromatic heterocycles.